The normalized spacial score (nSPS) is 20.4. The van der Waals surface area contributed by atoms with Crippen molar-refractivity contribution >= 4 is 21.6 Å². The Morgan fingerprint density at radius 3 is 2.67 bits per heavy atom. The van der Waals surface area contributed by atoms with E-state index in [4.69, 9.17) is 16.2 Å². The first-order chi connectivity index (χ1) is 9.75. The van der Waals surface area contributed by atoms with Crippen molar-refractivity contribution in [3.63, 3.8) is 0 Å². The molecule has 0 aromatic heterocycles. The molecule has 0 spiro atoms. The second-order valence-corrected chi connectivity index (χ2v) is 6.95. The average molecular weight is 313 g/mol. The standard InChI is InChI=1S/C13H19N3O4S/c1-8-5-10(14)9(2)12(6-8)21(18,19)16-3-4-20-7-11(16)13(15)17/h5-6,11H,3-4,7,14H2,1-2H3,(H2,15,17). The number of nitrogen functional groups attached to an aromatic ring is 1. The molecular formula is C13H19N3O4S. The molecule has 1 aromatic rings. The van der Waals surface area contributed by atoms with Crippen LogP contribution in [0.15, 0.2) is 17.0 Å². The Morgan fingerprint density at radius 2 is 2.05 bits per heavy atom. The van der Waals surface area contributed by atoms with E-state index >= 15 is 0 Å². The first-order valence-electron chi connectivity index (χ1n) is 6.50. The highest BCUT2D eigenvalue weighted by Gasteiger charge is 2.38. The minimum absolute atomic E-state index is 0.0328. The van der Waals surface area contributed by atoms with Gasteiger partial charge in [-0.2, -0.15) is 4.31 Å². The molecule has 1 heterocycles. The van der Waals surface area contributed by atoms with Gasteiger partial charge in [-0.25, -0.2) is 8.42 Å². The van der Waals surface area contributed by atoms with Crippen LogP contribution in [0.3, 0.4) is 0 Å². The number of hydrogen-bond acceptors (Lipinski definition) is 5. The van der Waals surface area contributed by atoms with Gasteiger partial charge in [-0.1, -0.05) is 0 Å². The Kier molecular flexibility index (Phi) is 4.22. The highest BCUT2D eigenvalue weighted by atomic mass is 32.2. The van der Waals surface area contributed by atoms with E-state index in [-0.39, 0.29) is 24.7 Å². The second kappa shape index (κ2) is 5.63. The molecule has 116 valence electrons. The van der Waals surface area contributed by atoms with Crippen molar-refractivity contribution in [3.8, 4) is 0 Å². The topological polar surface area (TPSA) is 116 Å². The summed E-state index contributed by atoms with van der Waals surface area (Å²) in [6, 6.07) is 2.26. The highest BCUT2D eigenvalue weighted by Crippen LogP contribution is 2.27. The van der Waals surface area contributed by atoms with E-state index in [1.165, 1.54) is 0 Å². The van der Waals surface area contributed by atoms with Crippen molar-refractivity contribution in [2.75, 3.05) is 25.5 Å². The van der Waals surface area contributed by atoms with E-state index in [2.05, 4.69) is 0 Å². The molecule has 0 radical (unpaired) electrons. The lowest BCUT2D eigenvalue weighted by Crippen LogP contribution is -2.54. The Morgan fingerprint density at radius 1 is 1.38 bits per heavy atom. The van der Waals surface area contributed by atoms with Crippen LogP contribution in [0, 0.1) is 13.8 Å². The fourth-order valence-electron chi connectivity index (χ4n) is 2.35. The molecule has 0 aliphatic carbocycles. The number of aryl methyl sites for hydroxylation is 1. The largest absolute Gasteiger partial charge is 0.398 e. The van der Waals surface area contributed by atoms with Gasteiger partial charge in [0.1, 0.15) is 6.04 Å². The van der Waals surface area contributed by atoms with Crippen LogP contribution >= 0.6 is 0 Å². The summed E-state index contributed by atoms with van der Waals surface area (Å²) in [4.78, 5) is 11.6. The molecule has 8 heteroatoms. The number of morpholine rings is 1. The van der Waals surface area contributed by atoms with E-state index in [9.17, 15) is 13.2 Å². The molecule has 1 saturated heterocycles. The molecule has 0 bridgehead atoms. The van der Waals surface area contributed by atoms with E-state index in [1.54, 1.807) is 26.0 Å². The molecule has 0 saturated carbocycles. The van der Waals surface area contributed by atoms with Gasteiger partial charge >= 0.3 is 0 Å². The zero-order chi connectivity index (χ0) is 15.8. The average Bonchev–Trinajstić information content (AvgIpc) is 2.42. The first kappa shape index (κ1) is 15.7. The summed E-state index contributed by atoms with van der Waals surface area (Å²) in [6.45, 7) is 3.68. The number of hydrogen-bond donors (Lipinski definition) is 2. The number of nitrogens with zero attached hydrogens (tertiary/aromatic N) is 1. The van der Waals surface area contributed by atoms with Gasteiger partial charge in [-0.3, -0.25) is 4.79 Å². The fraction of sp³-hybridized carbons (Fsp3) is 0.462. The van der Waals surface area contributed by atoms with E-state index in [0.29, 0.717) is 11.3 Å². The van der Waals surface area contributed by atoms with Crippen molar-refractivity contribution in [2.45, 2.75) is 24.8 Å². The van der Waals surface area contributed by atoms with Crippen LogP contribution in [0.4, 0.5) is 5.69 Å². The molecule has 4 N–H and O–H groups in total. The molecular weight excluding hydrogens is 294 g/mol. The van der Waals surface area contributed by atoms with Crippen molar-refractivity contribution in [3.05, 3.63) is 23.3 Å². The number of carbonyl (C=O) groups excluding carboxylic acids is 1. The highest BCUT2D eigenvalue weighted by molar-refractivity contribution is 7.89. The van der Waals surface area contributed by atoms with Gasteiger partial charge in [-0.15, -0.1) is 0 Å². The predicted molar refractivity (Wildman–Crippen MR) is 78.0 cm³/mol. The van der Waals surface area contributed by atoms with E-state index in [1.807, 2.05) is 0 Å². The lowest BCUT2D eigenvalue weighted by molar-refractivity contribution is -0.125. The lowest BCUT2D eigenvalue weighted by Gasteiger charge is -2.33. The minimum atomic E-state index is -3.86. The molecule has 1 atom stereocenters. The van der Waals surface area contributed by atoms with Gasteiger partial charge < -0.3 is 16.2 Å². The monoisotopic (exact) mass is 313 g/mol. The van der Waals surface area contributed by atoms with Gasteiger partial charge in [0.25, 0.3) is 0 Å². The summed E-state index contributed by atoms with van der Waals surface area (Å²) in [5.74, 6) is -0.725. The molecule has 1 amide bonds. The summed E-state index contributed by atoms with van der Waals surface area (Å²) in [5, 5.41) is 0. The Balaban J connectivity index is 2.53. The summed E-state index contributed by atoms with van der Waals surface area (Å²) in [6.07, 6.45) is 0. The molecule has 21 heavy (non-hydrogen) atoms. The van der Waals surface area contributed by atoms with Gasteiger partial charge in [0.05, 0.1) is 18.1 Å². The fourth-order valence-corrected chi connectivity index (χ4v) is 4.25. The summed E-state index contributed by atoms with van der Waals surface area (Å²) < 4.78 is 31.9. The van der Waals surface area contributed by atoms with Crippen LogP contribution in [0.2, 0.25) is 0 Å². The summed E-state index contributed by atoms with van der Waals surface area (Å²) >= 11 is 0. The number of ether oxygens (including phenoxy) is 1. The number of sulfonamides is 1. The number of rotatable bonds is 3. The number of nitrogens with two attached hydrogens (primary N) is 2. The number of primary amides is 1. The molecule has 1 fully saturated rings. The molecule has 1 aliphatic rings. The lowest BCUT2D eigenvalue weighted by atomic mass is 10.1. The zero-order valence-corrected chi connectivity index (χ0v) is 12.8. The van der Waals surface area contributed by atoms with Crippen LogP contribution in [-0.4, -0.2) is 44.4 Å². The molecule has 1 aliphatic heterocycles. The van der Waals surface area contributed by atoms with Crippen LogP contribution in [-0.2, 0) is 19.6 Å². The smallest absolute Gasteiger partial charge is 0.244 e. The minimum Gasteiger partial charge on any atom is -0.398 e. The summed E-state index contributed by atoms with van der Waals surface area (Å²) in [5.41, 5.74) is 12.7. The summed E-state index contributed by atoms with van der Waals surface area (Å²) in [7, 11) is -3.86. The van der Waals surface area contributed by atoms with Crippen molar-refractivity contribution in [1.29, 1.82) is 0 Å². The Bertz CT molecular complexity index is 672. The third-order valence-corrected chi connectivity index (χ3v) is 5.57. The quantitative estimate of drug-likeness (QED) is 0.747. The molecule has 1 unspecified atom stereocenters. The van der Waals surface area contributed by atoms with Crippen molar-refractivity contribution in [2.24, 2.45) is 5.73 Å². The number of carbonyl (C=O) groups is 1. The van der Waals surface area contributed by atoms with Gasteiger partial charge in [0.15, 0.2) is 0 Å². The first-order valence-corrected chi connectivity index (χ1v) is 7.94. The molecule has 1 aromatic carbocycles. The molecule has 2 rings (SSSR count). The van der Waals surface area contributed by atoms with Crippen LogP contribution in [0.25, 0.3) is 0 Å². The number of anilines is 1. The maximum absolute atomic E-state index is 12.8. The SMILES string of the molecule is Cc1cc(N)c(C)c(S(=O)(=O)N2CCOCC2C(N)=O)c1. The van der Waals surface area contributed by atoms with Crippen LogP contribution < -0.4 is 11.5 Å². The van der Waals surface area contributed by atoms with E-state index in [0.717, 1.165) is 9.87 Å². The maximum atomic E-state index is 12.8. The maximum Gasteiger partial charge on any atom is 0.244 e. The van der Waals surface area contributed by atoms with Crippen molar-refractivity contribution in [1.82, 2.24) is 4.31 Å². The molecule has 7 nitrogen and oxygen atoms in total. The third-order valence-electron chi connectivity index (χ3n) is 3.54. The van der Waals surface area contributed by atoms with E-state index < -0.39 is 22.0 Å². The predicted octanol–water partition coefficient (Wildman–Crippen LogP) is -0.240. The van der Waals surface area contributed by atoms with Gasteiger partial charge in [-0.05, 0) is 37.1 Å². The van der Waals surface area contributed by atoms with Crippen molar-refractivity contribution < 1.29 is 17.9 Å². The Hall–Kier alpha value is -1.64. The Labute approximate surface area is 123 Å². The second-order valence-electron chi connectivity index (χ2n) is 5.09. The van der Waals surface area contributed by atoms with Gasteiger partial charge in [0, 0.05) is 12.2 Å². The van der Waals surface area contributed by atoms with Crippen LogP contribution in [0.1, 0.15) is 11.1 Å². The number of amides is 1. The third kappa shape index (κ3) is 2.87. The van der Waals surface area contributed by atoms with Crippen LogP contribution in [0.5, 0.6) is 0 Å². The van der Waals surface area contributed by atoms with Gasteiger partial charge in [0.2, 0.25) is 15.9 Å². The zero-order valence-electron chi connectivity index (χ0n) is 12.0. The number of benzene rings is 1.